The van der Waals surface area contributed by atoms with Gasteiger partial charge in [0, 0.05) is 0 Å². The summed E-state index contributed by atoms with van der Waals surface area (Å²) >= 11 is 0. The molecule has 0 saturated carbocycles. The molecule has 0 heterocycles. The van der Waals surface area contributed by atoms with E-state index in [2.05, 4.69) is 0 Å². The SMILES string of the molecule is NC(=O)[C@H](N)CC(C(=O)O)C(=O)OCc1ccccc1. The van der Waals surface area contributed by atoms with Crippen LogP contribution in [-0.4, -0.2) is 29.0 Å². The Morgan fingerprint density at radius 3 is 2.30 bits per heavy atom. The lowest BCUT2D eigenvalue weighted by Crippen LogP contribution is -2.41. The molecule has 7 nitrogen and oxygen atoms in total. The fourth-order valence-corrected chi connectivity index (χ4v) is 1.50. The molecule has 0 spiro atoms. The molecule has 1 aromatic carbocycles. The Hall–Kier alpha value is -2.41. The number of carbonyl (C=O) groups is 3. The van der Waals surface area contributed by atoms with Crippen molar-refractivity contribution in [2.45, 2.75) is 19.1 Å². The van der Waals surface area contributed by atoms with E-state index in [0.29, 0.717) is 0 Å². The van der Waals surface area contributed by atoms with Gasteiger partial charge in [-0.25, -0.2) is 0 Å². The van der Waals surface area contributed by atoms with Crippen molar-refractivity contribution in [3.8, 4) is 0 Å². The molecule has 0 aliphatic rings. The summed E-state index contributed by atoms with van der Waals surface area (Å²) < 4.78 is 4.90. The minimum atomic E-state index is -1.51. The summed E-state index contributed by atoms with van der Waals surface area (Å²) in [5.41, 5.74) is 11.0. The van der Waals surface area contributed by atoms with E-state index in [0.717, 1.165) is 5.56 Å². The maximum Gasteiger partial charge on any atom is 0.320 e. The van der Waals surface area contributed by atoms with Gasteiger partial charge in [-0.05, 0) is 12.0 Å². The molecule has 108 valence electrons. The minimum Gasteiger partial charge on any atom is -0.481 e. The van der Waals surface area contributed by atoms with Gasteiger partial charge in [-0.2, -0.15) is 0 Å². The highest BCUT2D eigenvalue weighted by Gasteiger charge is 2.31. The first kappa shape index (κ1) is 15.6. The molecule has 1 rings (SSSR count). The van der Waals surface area contributed by atoms with E-state index in [1.165, 1.54) is 0 Å². The smallest absolute Gasteiger partial charge is 0.320 e. The second-order valence-electron chi connectivity index (χ2n) is 4.23. The Morgan fingerprint density at radius 2 is 1.80 bits per heavy atom. The second kappa shape index (κ2) is 7.25. The molecule has 0 saturated heterocycles. The van der Waals surface area contributed by atoms with Crippen molar-refractivity contribution >= 4 is 17.8 Å². The van der Waals surface area contributed by atoms with Crippen molar-refractivity contribution in [1.82, 2.24) is 0 Å². The van der Waals surface area contributed by atoms with Gasteiger partial charge < -0.3 is 21.3 Å². The number of ether oxygens (including phenoxy) is 1. The van der Waals surface area contributed by atoms with Gasteiger partial charge in [-0.3, -0.25) is 14.4 Å². The number of esters is 1. The number of carbonyl (C=O) groups excluding carboxylic acids is 2. The van der Waals surface area contributed by atoms with Gasteiger partial charge in [0.05, 0.1) is 6.04 Å². The van der Waals surface area contributed by atoms with Crippen LogP contribution in [0.2, 0.25) is 0 Å². The van der Waals surface area contributed by atoms with Crippen molar-refractivity contribution in [3.05, 3.63) is 35.9 Å². The van der Waals surface area contributed by atoms with Gasteiger partial charge in [0.1, 0.15) is 6.61 Å². The average Bonchev–Trinajstić information content (AvgIpc) is 2.42. The highest BCUT2D eigenvalue weighted by atomic mass is 16.5. The molecule has 0 aliphatic heterocycles. The van der Waals surface area contributed by atoms with Crippen molar-refractivity contribution in [2.75, 3.05) is 0 Å². The van der Waals surface area contributed by atoms with Gasteiger partial charge >= 0.3 is 11.9 Å². The van der Waals surface area contributed by atoms with Gasteiger partial charge in [0.2, 0.25) is 5.91 Å². The molecule has 0 fully saturated rings. The number of carboxylic acids is 1. The Balaban J connectivity index is 2.61. The highest BCUT2D eigenvalue weighted by molar-refractivity contribution is 5.94. The van der Waals surface area contributed by atoms with Crippen molar-refractivity contribution in [2.24, 2.45) is 17.4 Å². The van der Waals surface area contributed by atoms with Crippen molar-refractivity contribution < 1.29 is 24.2 Å². The zero-order valence-electron chi connectivity index (χ0n) is 10.7. The summed E-state index contributed by atoms with van der Waals surface area (Å²) in [6.07, 6.45) is -0.391. The molecular formula is C13H16N2O5. The third kappa shape index (κ3) is 4.69. The van der Waals surface area contributed by atoms with Crippen LogP contribution in [0.5, 0.6) is 0 Å². The predicted molar refractivity (Wildman–Crippen MR) is 69.2 cm³/mol. The maximum atomic E-state index is 11.7. The van der Waals surface area contributed by atoms with E-state index in [4.69, 9.17) is 21.3 Å². The number of carboxylic acid groups (broad SMARTS) is 1. The quantitative estimate of drug-likeness (QED) is 0.461. The first-order valence-corrected chi connectivity index (χ1v) is 5.90. The standard InChI is InChI=1S/C13H16N2O5/c14-10(11(15)16)6-9(12(17)18)13(19)20-7-8-4-2-1-3-5-8/h1-5,9-10H,6-7,14H2,(H2,15,16)(H,17,18)/t9?,10-/m1/s1. The van der Waals surface area contributed by atoms with Gasteiger partial charge in [0.25, 0.3) is 0 Å². The number of primary amides is 1. The van der Waals surface area contributed by atoms with Crippen molar-refractivity contribution in [1.29, 1.82) is 0 Å². The lowest BCUT2D eigenvalue weighted by molar-refractivity contribution is -0.160. The van der Waals surface area contributed by atoms with E-state index in [1.807, 2.05) is 0 Å². The number of amides is 1. The summed E-state index contributed by atoms with van der Waals surface area (Å²) in [5, 5.41) is 8.96. The van der Waals surface area contributed by atoms with E-state index in [1.54, 1.807) is 30.3 Å². The lowest BCUT2D eigenvalue weighted by Gasteiger charge is -2.14. The number of hydrogen-bond acceptors (Lipinski definition) is 5. The Kier molecular flexibility index (Phi) is 5.67. The monoisotopic (exact) mass is 280 g/mol. The molecule has 0 bridgehead atoms. The third-order valence-electron chi connectivity index (χ3n) is 2.66. The third-order valence-corrected chi connectivity index (χ3v) is 2.66. The molecule has 0 aromatic heterocycles. The number of benzene rings is 1. The molecule has 0 radical (unpaired) electrons. The van der Waals surface area contributed by atoms with Crippen LogP contribution in [0.4, 0.5) is 0 Å². The number of rotatable bonds is 7. The fraction of sp³-hybridized carbons (Fsp3) is 0.308. The summed E-state index contributed by atoms with van der Waals surface area (Å²) in [7, 11) is 0. The normalized spacial score (nSPS) is 13.2. The largest absolute Gasteiger partial charge is 0.481 e. The summed E-state index contributed by atoms with van der Waals surface area (Å²) in [6, 6.07) is 7.59. The Morgan fingerprint density at radius 1 is 1.20 bits per heavy atom. The summed E-state index contributed by atoms with van der Waals surface area (Å²) in [4.78, 5) is 33.5. The van der Waals surface area contributed by atoms with E-state index < -0.39 is 36.2 Å². The van der Waals surface area contributed by atoms with Crippen LogP contribution in [0.3, 0.4) is 0 Å². The van der Waals surface area contributed by atoms with Crippen LogP contribution in [-0.2, 0) is 25.7 Å². The number of aliphatic carboxylic acids is 1. The van der Waals surface area contributed by atoms with Crippen LogP contribution in [0, 0.1) is 5.92 Å². The van der Waals surface area contributed by atoms with Crippen LogP contribution in [0.25, 0.3) is 0 Å². The first-order valence-electron chi connectivity index (χ1n) is 5.90. The number of hydrogen-bond donors (Lipinski definition) is 3. The molecular weight excluding hydrogens is 264 g/mol. The number of nitrogens with two attached hydrogens (primary N) is 2. The molecule has 20 heavy (non-hydrogen) atoms. The molecule has 7 heteroatoms. The zero-order valence-corrected chi connectivity index (χ0v) is 10.7. The van der Waals surface area contributed by atoms with Gasteiger partial charge in [-0.15, -0.1) is 0 Å². The van der Waals surface area contributed by atoms with Crippen molar-refractivity contribution in [3.63, 3.8) is 0 Å². The average molecular weight is 280 g/mol. The lowest BCUT2D eigenvalue weighted by atomic mass is 10.0. The molecule has 5 N–H and O–H groups in total. The summed E-state index contributed by atoms with van der Waals surface area (Å²) in [5.74, 6) is -4.73. The fourth-order valence-electron chi connectivity index (χ4n) is 1.50. The Bertz CT molecular complexity index is 489. The zero-order chi connectivity index (χ0) is 15.1. The van der Waals surface area contributed by atoms with Gasteiger partial charge in [-0.1, -0.05) is 30.3 Å². The first-order chi connectivity index (χ1) is 9.41. The Labute approximate surface area is 115 Å². The second-order valence-corrected chi connectivity index (χ2v) is 4.23. The minimum absolute atomic E-state index is 0.0464. The topological polar surface area (TPSA) is 133 Å². The van der Waals surface area contributed by atoms with Crippen LogP contribution in [0.15, 0.2) is 30.3 Å². The van der Waals surface area contributed by atoms with Crippen LogP contribution in [0.1, 0.15) is 12.0 Å². The van der Waals surface area contributed by atoms with Gasteiger partial charge in [0.15, 0.2) is 5.92 Å². The molecule has 2 atom stereocenters. The van der Waals surface area contributed by atoms with E-state index in [9.17, 15) is 14.4 Å². The molecule has 1 unspecified atom stereocenters. The van der Waals surface area contributed by atoms with E-state index >= 15 is 0 Å². The predicted octanol–water partition coefficient (Wildman–Crippen LogP) is -0.367. The highest BCUT2D eigenvalue weighted by Crippen LogP contribution is 2.11. The molecule has 0 aliphatic carbocycles. The van der Waals surface area contributed by atoms with E-state index in [-0.39, 0.29) is 6.61 Å². The molecule has 1 amide bonds. The molecule has 1 aromatic rings. The summed E-state index contributed by atoms with van der Waals surface area (Å²) in [6.45, 7) is -0.0464. The van der Waals surface area contributed by atoms with Crippen LogP contribution >= 0.6 is 0 Å². The van der Waals surface area contributed by atoms with Crippen LogP contribution < -0.4 is 11.5 Å². The maximum absolute atomic E-state index is 11.7.